The molecule has 0 aliphatic carbocycles. The summed E-state index contributed by atoms with van der Waals surface area (Å²) in [6, 6.07) is 0. The fourth-order valence-electron chi connectivity index (χ4n) is 1.34. The van der Waals surface area contributed by atoms with Gasteiger partial charge in [0.2, 0.25) is 11.8 Å². The molecule has 0 spiro atoms. The first-order valence-corrected chi connectivity index (χ1v) is 5.15. The number of nitrogens with two attached hydrogens (primary N) is 1. The van der Waals surface area contributed by atoms with E-state index in [9.17, 15) is 9.59 Å². The molecule has 0 aromatic heterocycles. The van der Waals surface area contributed by atoms with Gasteiger partial charge in [-0.1, -0.05) is 0 Å². The highest BCUT2D eigenvalue weighted by atomic mass is 16.5. The van der Waals surface area contributed by atoms with Crippen LogP contribution in [-0.2, 0) is 14.3 Å². The van der Waals surface area contributed by atoms with E-state index < -0.39 is 12.0 Å². The third-order valence-electron chi connectivity index (χ3n) is 2.31. The van der Waals surface area contributed by atoms with Gasteiger partial charge in [-0.15, -0.1) is 0 Å². The normalized spacial score (nSPS) is 18.2. The summed E-state index contributed by atoms with van der Waals surface area (Å²) in [5, 5.41) is 11.7. The van der Waals surface area contributed by atoms with E-state index in [1.165, 1.54) is 0 Å². The first-order valence-electron chi connectivity index (χ1n) is 5.15. The monoisotopic (exact) mass is 231 g/mol. The number of primary amides is 1. The molecule has 7 heteroatoms. The van der Waals surface area contributed by atoms with Gasteiger partial charge < -0.3 is 25.8 Å². The number of nitrogens with one attached hydrogen (secondary N) is 1. The molecule has 1 saturated heterocycles. The van der Waals surface area contributed by atoms with E-state index in [2.05, 4.69) is 5.32 Å². The Morgan fingerprint density at radius 1 is 1.44 bits per heavy atom. The SMILES string of the molecule is NC(=O)C(O)CNCC(=O)N1CCOCC1. The van der Waals surface area contributed by atoms with Gasteiger partial charge in [-0.25, -0.2) is 0 Å². The van der Waals surface area contributed by atoms with Crippen LogP contribution in [0.2, 0.25) is 0 Å². The van der Waals surface area contributed by atoms with Crippen LogP contribution in [0.25, 0.3) is 0 Å². The lowest BCUT2D eigenvalue weighted by Crippen LogP contribution is -2.46. The second kappa shape index (κ2) is 6.41. The number of hydrogen-bond donors (Lipinski definition) is 3. The Bertz CT molecular complexity index is 253. The lowest BCUT2D eigenvalue weighted by atomic mass is 10.3. The van der Waals surface area contributed by atoms with Gasteiger partial charge in [0.15, 0.2) is 0 Å². The zero-order chi connectivity index (χ0) is 12.0. The van der Waals surface area contributed by atoms with Crippen molar-refractivity contribution in [2.75, 3.05) is 39.4 Å². The number of hydrogen-bond acceptors (Lipinski definition) is 5. The second-order valence-corrected chi connectivity index (χ2v) is 3.54. The van der Waals surface area contributed by atoms with Gasteiger partial charge in [-0.2, -0.15) is 0 Å². The van der Waals surface area contributed by atoms with E-state index in [4.69, 9.17) is 15.6 Å². The minimum absolute atomic E-state index is 0.00852. The average Bonchev–Trinajstić information content (AvgIpc) is 2.29. The summed E-state index contributed by atoms with van der Waals surface area (Å²) in [7, 11) is 0. The predicted molar refractivity (Wildman–Crippen MR) is 55.5 cm³/mol. The number of carbonyl (C=O) groups is 2. The third-order valence-corrected chi connectivity index (χ3v) is 2.31. The summed E-state index contributed by atoms with van der Waals surface area (Å²) in [6.07, 6.45) is -1.25. The van der Waals surface area contributed by atoms with Crippen LogP contribution in [-0.4, -0.2) is 67.3 Å². The van der Waals surface area contributed by atoms with Gasteiger partial charge in [0, 0.05) is 19.6 Å². The van der Waals surface area contributed by atoms with Gasteiger partial charge in [0.25, 0.3) is 0 Å². The largest absolute Gasteiger partial charge is 0.382 e. The number of rotatable bonds is 5. The molecule has 0 saturated carbocycles. The van der Waals surface area contributed by atoms with Crippen molar-refractivity contribution in [2.24, 2.45) is 5.73 Å². The number of aliphatic hydroxyl groups excluding tert-OH is 1. The van der Waals surface area contributed by atoms with Crippen molar-refractivity contribution in [3.05, 3.63) is 0 Å². The number of morpholine rings is 1. The van der Waals surface area contributed by atoms with Crippen molar-refractivity contribution < 1.29 is 19.4 Å². The number of ether oxygens (including phenoxy) is 1. The molecule has 1 fully saturated rings. The summed E-state index contributed by atoms with van der Waals surface area (Å²) in [5.41, 5.74) is 4.85. The molecule has 7 nitrogen and oxygen atoms in total. The van der Waals surface area contributed by atoms with Gasteiger partial charge in [-0.3, -0.25) is 9.59 Å². The topological polar surface area (TPSA) is 105 Å². The van der Waals surface area contributed by atoms with Gasteiger partial charge in [0.1, 0.15) is 6.10 Å². The Hall–Kier alpha value is -1.18. The molecule has 0 aromatic rings. The molecule has 1 atom stereocenters. The fourth-order valence-corrected chi connectivity index (χ4v) is 1.34. The molecule has 1 rings (SSSR count). The van der Waals surface area contributed by atoms with Crippen LogP contribution in [0.1, 0.15) is 0 Å². The predicted octanol–water partition coefficient (Wildman–Crippen LogP) is -2.72. The maximum absolute atomic E-state index is 11.6. The minimum Gasteiger partial charge on any atom is -0.382 e. The lowest BCUT2D eigenvalue weighted by molar-refractivity contribution is -0.134. The molecular formula is C9H17N3O4. The highest BCUT2D eigenvalue weighted by molar-refractivity contribution is 5.80. The molecule has 1 aliphatic heterocycles. The standard InChI is InChI=1S/C9H17N3O4/c10-9(15)7(13)5-11-6-8(14)12-1-3-16-4-2-12/h7,11,13H,1-6H2,(H2,10,15). The number of nitrogens with zero attached hydrogens (tertiary/aromatic N) is 1. The van der Waals surface area contributed by atoms with Gasteiger partial charge in [-0.05, 0) is 0 Å². The average molecular weight is 231 g/mol. The van der Waals surface area contributed by atoms with E-state index >= 15 is 0 Å². The van der Waals surface area contributed by atoms with Crippen molar-refractivity contribution in [1.82, 2.24) is 10.2 Å². The molecule has 0 radical (unpaired) electrons. The Morgan fingerprint density at radius 2 is 2.06 bits per heavy atom. The maximum atomic E-state index is 11.6. The van der Waals surface area contributed by atoms with Gasteiger partial charge >= 0.3 is 0 Å². The van der Waals surface area contributed by atoms with E-state index in [-0.39, 0.29) is 19.0 Å². The summed E-state index contributed by atoms with van der Waals surface area (Å²) in [6.45, 7) is 2.35. The summed E-state index contributed by atoms with van der Waals surface area (Å²) < 4.78 is 5.11. The van der Waals surface area contributed by atoms with Crippen molar-refractivity contribution in [2.45, 2.75) is 6.10 Å². The summed E-state index contributed by atoms with van der Waals surface area (Å²) in [4.78, 5) is 23.7. The summed E-state index contributed by atoms with van der Waals surface area (Å²) >= 11 is 0. The third kappa shape index (κ3) is 4.13. The second-order valence-electron chi connectivity index (χ2n) is 3.54. The maximum Gasteiger partial charge on any atom is 0.247 e. The van der Waals surface area contributed by atoms with E-state index in [0.717, 1.165) is 0 Å². The van der Waals surface area contributed by atoms with Crippen LogP contribution in [0.15, 0.2) is 0 Å². The number of amides is 2. The molecule has 4 N–H and O–H groups in total. The molecular weight excluding hydrogens is 214 g/mol. The highest BCUT2D eigenvalue weighted by Crippen LogP contribution is 1.96. The molecule has 1 unspecified atom stereocenters. The Labute approximate surface area is 93.5 Å². The first-order chi connectivity index (χ1) is 7.61. The highest BCUT2D eigenvalue weighted by Gasteiger charge is 2.17. The first kappa shape index (κ1) is 12.9. The van der Waals surface area contributed by atoms with E-state index in [0.29, 0.717) is 26.3 Å². The Balaban J connectivity index is 2.16. The zero-order valence-corrected chi connectivity index (χ0v) is 9.02. The van der Waals surface area contributed by atoms with Crippen LogP contribution < -0.4 is 11.1 Å². The van der Waals surface area contributed by atoms with Crippen molar-refractivity contribution in [1.29, 1.82) is 0 Å². The Morgan fingerprint density at radius 3 is 2.62 bits per heavy atom. The van der Waals surface area contributed by atoms with Crippen LogP contribution in [0, 0.1) is 0 Å². The summed E-state index contributed by atoms with van der Waals surface area (Å²) in [5.74, 6) is -0.869. The Kier molecular flexibility index (Phi) is 5.17. The zero-order valence-electron chi connectivity index (χ0n) is 9.02. The number of aliphatic hydroxyl groups is 1. The minimum atomic E-state index is -1.25. The molecule has 92 valence electrons. The molecule has 16 heavy (non-hydrogen) atoms. The van der Waals surface area contributed by atoms with Crippen molar-refractivity contribution in [3.8, 4) is 0 Å². The van der Waals surface area contributed by atoms with Crippen LogP contribution in [0.3, 0.4) is 0 Å². The van der Waals surface area contributed by atoms with Crippen LogP contribution >= 0.6 is 0 Å². The lowest BCUT2D eigenvalue weighted by Gasteiger charge is -2.27. The van der Waals surface area contributed by atoms with E-state index in [1.54, 1.807) is 4.90 Å². The molecule has 1 aliphatic rings. The van der Waals surface area contributed by atoms with Crippen LogP contribution in [0.5, 0.6) is 0 Å². The van der Waals surface area contributed by atoms with Crippen molar-refractivity contribution >= 4 is 11.8 Å². The molecule has 2 amide bonds. The van der Waals surface area contributed by atoms with Crippen molar-refractivity contribution in [3.63, 3.8) is 0 Å². The fraction of sp³-hybridized carbons (Fsp3) is 0.778. The quantitative estimate of drug-likeness (QED) is 0.477. The van der Waals surface area contributed by atoms with E-state index in [1.807, 2.05) is 0 Å². The van der Waals surface area contributed by atoms with Crippen LogP contribution in [0.4, 0.5) is 0 Å². The number of carbonyl (C=O) groups excluding carboxylic acids is 2. The molecule has 1 heterocycles. The smallest absolute Gasteiger partial charge is 0.247 e. The molecule has 0 aromatic carbocycles. The van der Waals surface area contributed by atoms with Gasteiger partial charge in [0.05, 0.1) is 19.8 Å². The molecule has 0 bridgehead atoms.